The SMILES string of the molecule is CC(C)(NC(=O)C1CCC1)C(=O)N1CC=C(c2ccc(NC(=O)N3Cc4cc(F)cnc4C3)cc2)CC1. The molecule has 194 valence electrons. The summed E-state index contributed by atoms with van der Waals surface area (Å²) < 4.78 is 13.4. The van der Waals surface area contributed by atoms with E-state index in [4.69, 9.17) is 0 Å². The number of benzene rings is 1. The van der Waals surface area contributed by atoms with Gasteiger partial charge in [0.15, 0.2) is 0 Å². The Bertz CT molecular complexity index is 1250. The number of nitrogens with zero attached hydrogens (tertiary/aromatic N) is 3. The topological polar surface area (TPSA) is 94.6 Å². The van der Waals surface area contributed by atoms with Crippen LogP contribution in [0.1, 0.15) is 56.4 Å². The predicted octanol–water partition coefficient (Wildman–Crippen LogP) is 4.08. The molecule has 9 heteroatoms. The summed E-state index contributed by atoms with van der Waals surface area (Å²) >= 11 is 0. The van der Waals surface area contributed by atoms with Crippen molar-refractivity contribution in [1.82, 2.24) is 20.1 Å². The summed E-state index contributed by atoms with van der Waals surface area (Å²) in [5.41, 5.74) is 3.36. The van der Waals surface area contributed by atoms with E-state index in [1.54, 1.807) is 23.6 Å². The number of rotatable bonds is 5. The third kappa shape index (κ3) is 5.35. The highest BCUT2D eigenvalue weighted by Gasteiger charge is 2.37. The van der Waals surface area contributed by atoms with Crippen LogP contribution in [0.4, 0.5) is 14.9 Å². The third-order valence-corrected chi connectivity index (χ3v) is 7.47. The molecule has 1 fully saturated rings. The maximum absolute atomic E-state index is 13.4. The van der Waals surface area contributed by atoms with Gasteiger partial charge in [-0.1, -0.05) is 24.6 Å². The lowest BCUT2D eigenvalue weighted by Crippen LogP contribution is -2.58. The monoisotopic (exact) mass is 505 g/mol. The van der Waals surface area contributed by atoms with Crippen LogP contribution < -0.4 is 10.6 Å². The lowest BCUT2D eigenvalue weighted by molar-refractivity contribution is -0.141. The first kappa shape index (κ1) is 24.9. The summed E-state index contributed by atoms with van der Waals surface area (Å²) in [7, 11) is 0. The second-order valence-corrected chi connectivity index (χ2v) is 10.6. The van der Waals surface area contributed by atoms with Crippen molar-refractivity contribution in [3.8, 4) is 0 Å². The average molecular weight is 506 g/mol. The molecule has 0 bridgehead atoms. The Balaban J connectivity index is 1.15. The summed E-state index contributed by atoms with van der Waals surface area (Å²) in [6, 6.07) is 8.78. The molecule has 8 nitrogen and oxygen atoms in total. The lowest BCUT2D eigenvalue weighted by Gasteiger charge is -2.36. The first-order valence-electron chi connectivity index (χ1n) is 12.8. The van der Waals surface area contributed by atoms with Gasteiger partial charge in [0, 0.05) is 31.2 Å². The van der Waals surface area contributed by atoms with Crippen molar-refractivity contribution in [3.05, 3.63) is 65.2 Å². The zero-order valence-electron chi connectivity index (χ0n) is 21.2. The molecule has 2 aliphatic heterocycles. The molecular formula is C28H32FN5O3. The number of pyridine rings is 1. The number of carbonyl (C=O) groups excluding carboxylic acids is 3. The Hall–Kier alpha value is -3.75. The molecular weight excluding hydrogens is 473 g/mol. The molecule has 0 radical (unpaired) electrons. The molecule has 3 heterocycles. The van der Waals surface area contributed by atoms with Crippen molar-refractivity contribution in [2.45, 2.75) is 58.2 Å². The Kier molecular flexibility index (Phi) is 6.70. The predicted molar refractivity (Wildman–Crippen MR) is 138 cm³/mol. The summed E-state index contributed by atoms with van der Waals surface area (Å²) in [5, 5.41) is 5.83. The highest BCUT2D eigenvalue weighted by Crippen LogP contribution is 2.28. The summed E-state index contributed by atoms with van der Waals surface area (Å²) in [5.74, 6) is -0.457. The molecule has 1 aliphatic carbocycles. The van der Waals surface area contributed by atoms with Crippen molar-refractivity contribution in [2.75, 3.05) is 18.4 Å². The number of carbonyl (C=O) groups is 3. The highest BCUT2D eigenvalue weighted by molar-refractivity contribution is 5.92. The number of nitrogens with one attached hydrogen (secondary N) is 2. The Labute approximate surface area is 215 Å². The molecule has 0 spiro atoms. The van der Waals surface area contributed by atoms with Crippen LogP contribution in [0.2, 0.25) is 0 Å². The van der Waals surface area contributed by atoms with E-state index in [0.29, 0.717) is 44.0 Å². The number of fused-ring (bicyclic) bond motifs is 1. The number of hydrogen-bond acceptors (Lipinski definition) is 4. The molecule has 37 heavy (non-hydrogen) atoms. The minimum Gasteiger partial charge on any atom is -0.342 e. The van der Waals surface area contributed by atoms with Gasteiger partial charge in [0.2, 0.25) is 11.8 Å². The normalized spacial score (nSPS) is 17.5. The van der Waals surface area contributed by atoms with Gasteiger partial charge < -0.3 is 20.4 Å². The molecule has 2 N–H and O–H groups in total. The van der Waals surface area contributed by atoms with Gasteiger partial charge in [-0.3, -0.25) is 14.6 Å². The average Bonchev–Trinajstić information content (AvgIpc) is 3.26. The van der Waals surface area contributed by atoms with Crippen LogP contribution in [-0.4, -0.2) is 51.3 Å². The third-order valence-electron chi connectivity index (χ3n) is 7.47. The van der Waals surface area contributed by atoms with E-state index in [9.17, 15) is 18.8 Å². The van der Waals surface area contributed by atoms with E-state index in [0.717, 1.165) is 36.0 Å². The molecule has 4 amide bonds. The zero-order chi connectivity index (χ0) is 26.2. The van der Waals surface area contributed by atoms with Gasteiger partial charge >= 0.3 is 6.03 Å². The highest BCUT2D eigenvalue weighted by atomic mass is 19.1. The van der Waals surface area contributed by atoms with Crippen LogP contribution >= 0.6 is 0 Å². The summed E-state index contributed by atoms with van der Waals surface area (Å²) in [6.45, 7) is 5.28. The molecule has 0 atom stereocenters. The fourth-order valence-corrected chi connectivity index (χ4v) is 4.99. The first-order valence-corrected chi connectivity index (χ1v) is 12.8. The number of amides is 4. The number of anilines is 1. The van der Waals surface area contributed by atoms with E-state index in [1.165, 1.54) is 12.3 Å². The number of urea groups is 1. The van der Waals surface area contributed by atoms with E-state index in [1.807, 2.05) is 30.3 Å². The van der Waals surface area contributed by atoms with Crippen molar-refractivity contribution in [3.63, 3.8) is 0 Å². The van der Waals surface area contributed by atoms with Crippen molar-refractivity contribution < 1.29 is 18.8 Å². The van der Waals surface area contributed by atoms with Crippen LogP contribution in [0.3, 0.4) is 0 Å². The van der Waals surface area contributed by atoms with E-state index in [2.05, 4.69) is 15.6 Å². The Morgan fingerprint density at radius 2 is 1.84 bits per heavy atom. The maximum atomic E-state index is 13.4. The van der Waals surface area contributed by atoms with Crippen molar-refractivity contribution in [1.29, 1.82) is 0 Å². The molecule has 1 aromatic heterocycles. The van der Waals surface area contributed by atoms with Crippen LogP contribution in [-0.2, 0) is 22.7 Å². The van der Waals surface area contributed by atoms with Gasteiger partial charge in [-0.2, -0.15) is 0 Å². The van der Waals surface area contributed by atoms with Crippen LogP contribution in [0.25, 0.3) is 5.57 Å². The van der Waals surface area contributed by atoms with Gasteiger partial charge in [0.25, 0.3) is 0 Å². The molecule has 0 saturated heterocycles. The minimum absolute atomic E-state index is 0.0233. The number of halogens is 1. The molecule has 2 aromatic rings. The minimum atomic E-state index is -0.932. The summed E-state index contributed by atoms with van der Waals surface area (Å²) in [4.78, 5) is 45.6. The molecule has 1 aromatic carbocycles. The first-order chi connectivity index (χ1) is 17.7. The molecule has 5 rings (SSSR count). The smallest absolute Gasteiger partial charge is 0.322 e. The van der Waals surface area contributed by atoms with Crippen LogP contribution in [0.5, 0.6) is 0 Å². The standard InChI is InChI=1S/C28H32FN5O3/c1-28(2,32-25(35)20-4-3-5-20)26(36)33-12-10-19(11-13-33)18-6-8-23(9-7-18)31-27(37)34-16-21-14-22(29)15-30-24(21)17-34/h6-10,14-15,20H,3-5,11-13,16-17H2,1-2H3,(H,31,37)(H,32,35). The Morgan fingerprint density at radius 3 is 2.49 bits per heavy atom. The van der Waals surface area contributed by atoms with Crippen LogP contribution in [0, 0.1) is 11.7 Å². The number of hydrogen-bond donors (Lipinski definition) is 2. The second-order valence-electron chi connectivity index (χ2n) is 10.6. The van der Waals surface area contributed by atoms with E-state index in [-0.39, 0.29) is 23.8 Å². The van der Waals surface area contributed by atoms with Gasteiger partial charge in [-0.25, -0.2) is 9.18 Å². The maximum Gasteiger partial charge on any atom is 0.322 e. The largest absolute Gasteiger partial charge is 0.342 e. The van der Waals surface area contributed by atoms with E-state index < -0.39 is 11.4 Å². The fourth-order valence-electron chi connectivity index (χ4n) is 4.99. The summed E-state index contributed by atoms with van der Waals surface area (Å²) in [6.07, 6.45) is 6.81. The van der Waals surface area contributed by atoms with Gasteiger partial charge in [0.05, 0.1) is 18.4 Å². The zero-order valence-corrected chi connectivity index (χ0v) is 21.2. The molecule has 1 saturated carbocycles. The van der Waals surface area contributed by atoms with Crippen molar-refractivity contribution >= 4 is 29.1 Å². The van der Waals surface area contributed by atoms with E-state index >= 15 is 0 Å². The molecule has 0 unspecified atom stereocenters. The van der Waals surface area contributed by atoms with Gasteiger partial charge in [-0.05, 0) is 68.0 Å². The quantitative estimate of drug-likeness (QED) is 0.640. The molecule has 3 aliphatic rings. The van der Waals surface area contributed by atoms with Crippen LogP contribution in [0.15, 0.2) is 42.6 Å². The fraction of sp³-hybridized carbons (Fsp3) is 0.429. The van der Waals surface area contributed by atoms with Gasteiger partial charge in [-0.15, -0.1) is 0 Å². The Morgan fingerprint density at radius 1 is 1.08 bits per heavy atom. The lowest BCUT2D eigenvalue weighted by atomic mass is 9.84. The number of aromatic nitrogens is 1. The van der Waals surface area contributed by atoms with Gasteiger partial charge in [0.1, 0.15) is 11.4 Å². The van der Waals surface area contributed by atoms with Crippen molar-refractivity contribution in [2.24, 2.45) is 5.92 Å². The second kappa shape index (κ2) is 9.95.